The molecule has 1 aliphatic rings. The van der Waals surface area contributed by atoms with Crippen LogP contribution >= 0.6 is 0 Å². The minimum Gasteiger partial charge on any atom is -0.341 e. The zero-order chi connectivity index (χ0) is 11.7. The minimum atomic E-state index is -0.421. The van der Waals surface area contributed by atoms with Gasteiger partial charge >= 0.3 is 0 Å². The summed E-state index contributed by atoms with van der Waals surface area (Å²) in [6, 6.07) is 0. The molecule has 88 valence electrons. The highest BCUT2D eigenvalue weighted by Crippen LogP contribution is 2.30. The van der Waals surface area contributed by atoms with Crippen LogP contribution in [0.25, 0.3) is 0 Å². The first kappa shape index (κ1) is 12.5. The molecule has 1 aliphatic heterocycles. The summed E-state index contributed by atoms with van der Waals surface area (Å²) in [6.07, 6.45) is 1.11. The lowest BCUT2D eigenvalue weighted by atomic mass is 9.93. The third-order valence-corrected chi connectivity index (χ3v) is 3.12. The molecule has 1 amide bonds. The average molecular weight is 212 g/mol. The molecule has 0 aromatic heterocycles. The van der Waals surface area contributed by atoms with Crippen LogP contribution in [0, 0.1) is 5.41 Å². The Morgan fingerprint density at radius 3 is 2.47 bits per heavy atom. The normalized spacial score (nSPS) is 20.7. The fourth-order valence-corrected chi connectivity index (χ4v) is 2.20. The van der Waals surface area contributed by atoms with E-state index in [0.717, 1.165) is 26.1 Å². The number of likely N-dealkylation sites (tertiary alicyclic amines) is 1. The third kappa shape index (κ3) is 2.94. The van der Waals surface area contributed by atoms with Crippen molar-refractivity contribution in [1.82, 2.24) is 10.2 Å². The fourth-order valence-electron chi connectivity index (χ4n) is 2.20. The maximum absolute atomic E-state index is 12.2. The summed E-state index contributed by atoms with van der Waals surface area (Å²) in [5.74, 6) is 0.231. The zero-order valence-corrected chi connectivity index (χ0v) is 10.7. The van der Waals surface area contributed by atoms with Crippen LogP contribution < -0.4 is 5.32 Å². The Labute approximate surface area is 93.2 Å². The molecular weight excluding hydrogens is 188 g/mol. The van der Waals surface area contributed by atoms with Crippen molar-refractivity contribution in [3.63, 3.8) is 0 Å². The predicted molar refractivity (Wildman–Crippen MR) is 62.7 cm³/mol. The van der Waals surface area contributed by atoms with Gasteiger partial charge in [0.25, 0.3) is 0 Å². The van der Waals surface area contributed by atoms with Gasteiger partial charge < -0.3 is 10.2 Å². The van der Waals surface area contributed by atoms with Gasteiger partial charge in [-0.15, -0.1) is 0 Å². The van der Waals surface area contributed by atoms with Gasteiger partial charge in [0.15, 0.2) is 0 Å². The second-order valence-corrected chi connectivity index (χ2v) is 5.80. The van der Waals surface area contributed by atoms with Gasteiger partial charge in [-0.25, -0.2) is 0 Å². The first-order chi connectivity index (χ1) is 6.78. The summed E-state index contributed by atoms with van der Waals surface area (Å²) in [5, 5.41) is 3.23. The van der Waals surface area contributed by atoms with Crippen molar-refractivity contribution in [3.05, 3.63) is 0 Å². The Kier molecular flexibility index (Phi) is 3.44. The van der Waals surface area contributed by atoms with Crippen LogP contribution in [-0.2, 0) is 4.79 Å². The summed E-state index contributed by atoms with van der Waals surface area (Å²) >= 11 is 0. The lowest BCUT2D eigenvalue weighted by Crippen LogP contribution is -2.53. The second-order valence-electron chi connectivity index (χ2n) is 5.80. The third-order valence-electron chi connectivity index (χ3n) is 3.12. The highest BCUT2D eigenvalue weighted by Gasteiger charge is 2.37. The van der Waals surface area contributed by atoms with Gasteiger partial charge in [0.05, 0.1) is 5.54 Å². The Hall–Kier alpha value is -0.570. The molecule has 3 heteroatoms. The molecule has 1 fully saturated rings. The predicted octanol–water partition coefficient (Wildman–Crippen LogP) is 1.63. The molecule has 1 heterocycles. The summed E-state index contributed by atoms with van der Waals surface area (Å²) < 4.78 is 0. The highest BCUT2D eigenvalue weighted by molar-refractivity contribution is 5.85. The van der Waals surface area contributed by atoms with Gasteiger partial charge in [-0.3, -0.25) is 4.79 Å². The molecule has 0 aromatic rings. The molecule has 1 saturated heterocycles. The van der Waals surface area contributed by atoms with Gasteiger partial charge in [-0.1, -0.05) is 20.8 Å². The standard InChI is InChI=1S/C12H24N2O/c1-6-13-12(4,5)10(15)14-8-7-11(2,3)9-14/h13H,6-9H2,1-5H3. The molecule has 0 saturated carbocycles. The maximum atomic E-state index is 12.2. The van der Waals surface area contributed by atoms with Gasteiger partial charge in [0, 0.05) is 13.1 Å². The highest BCUT2D eigenvalue weighted by atomic mass is 16.2. The van der Waals surface area contributed by atoms with Crippen LogP contribution in [0.15, 0.2) is 0 Å². The van der Waals surface area contributed by atoms with E-state index < -0.39 is 5.54 Å². The minimum absolute atomic E-state index is 0.231. The van der Waals surface area contributed by atoms with Crippen molar-refractivity contribution >= 4 is 5.91 Å². The summed E-state index contributed by atoms with van der Waals surface area (Å²) in [4.78, 5) is 14.2. The van der Waals surface area contributed by atoms with Gasteiger partial charge in [-0.2, -0.15) is 0 Å². The van der Waals surface area contributed by atoms with Crippen molar-refractivity contribution in [2.45, 2.75) is 46.6 Å². The Morgan fingerprint density at radius 1 is 1.47 bits per heavy atom. The number of likely N-dealkylation sites (N-methyl/N-ethyl adjacent to an activating group) is 1. The van der Waals surface area contributed by atoms with Crippen LogP contribution in [0.3, 0.4) is 0 Å². The molecular formula is C12H24N2O. The quantitative estimate of drug-likeness (QED) is 0.771. The number of hydrogen-bond donors (Lipinski definition) is 1. The van der Waals surface area contributed by atoms with Crippen LogP contribution in [0.1, 0.15) is 41.0 Å². The molecule has 1 rings (SSSR count). The van der Waals surface area contributed by atoms with Crippen LogP contribution in [0.5, 0.6) is 0 Å². The first-order valence-electron chi connectivity index (χ1n) is 5.83. The molecule has 0 spiro atoms. The van der Waals surface area contributed by atoms with Crippen molar-refractivity contribution < 1.29 is 4.79 Å². The van der Waals surface area contributed by atoms with E-state index in [1.165, 1.54) is 0 Å². The summed E-state index contributed by atoms with van der Waals surface area (Å²) in [7, 11) is 0. The summed E-state index contributed by atoms with van der Waals surface area (Å²) in [5.41, 5.74) is -0.132. The van der Waals surface area contributed by atoms with Crippen molar-refractivity contribution in [3.8, 4) is 0 Å². The van der Waals surface area contributed by atoms with E-state index in [-0.39, 0.29) is 11.3 Å². The van der Waals surface area contributed by atoms with E-state index in [4.69, 9.17) is 0 Å². The van der Waals surface area contributed by atoms with Crippen molar-refractivity contribution in [2.75, 3.05) is 19.6 Å². The molecule has 0 unspecified atom stereocenters. The molecule has 3 nitrogen and oxygen atoms in total. The SMILES string of the molecule is CCNC(C)(C)C(=O)N1CCC(C)(C)C1. The Morgan fingerprint density at radius 2 is 2.07 bits per heavy atom. The monoisotopic (exact) mass is 212 g/mol. The Bertz CT molecular complexity index is 246. The van der Waals surface area contributed by atoms with E-state index in [0.29, 0.717) is 0 Å². The number of hydrogen-bond acceptors (Lipinski definition) is 2. The molecule has 1 N–H and O–H groups in total. The average Bonchev–Trinajstić information content (AvgIpc) is 2.44. The summed E-state index contributed by atoms with van der Waals surface area (Å²) in [6.45, 7) is 13.0. The van der Waals surface area contributed by atoms with E-state index in [1.807, 2.05) is 25.7 Å². The van der Waals surface area contributed by atoms with Crippen LogP contribution in [0.2, 0.25) is 0 Å². The second kappa shape index (κ2) is 4.12. The molecule has 0 aliphatic carbocycles. The maximum Gasteiger partial charge on any atom is 0.242 e. The molecule has 0 bridgehead atoms. The van der Waals surface area contributed by atoms with E-state index >= 15 is 0 Å². The zero-order valence-electron chi connectivity index (χ0n) is 10.7. The van der Waals surface area contributed by atoms with E-state index in [2.05, 4.69) is 19.2 Å². The molecule has 0 radical (unpaired) electrons. The Balaban J connectivity index is 2.62. The van der Waals surface area contributed by atoms with E-state index in [9.17, 15) is 4.79 Å². The number of rotatable bonds is 3. The molecule has 0 atom stereocenters. The van der Waals surface area contributed by atoms with Crippen molar-refractivity contribution in [1.29, 1.82) is 0 Å². The van der Waals surface area contributed by atoms with Crippen LogP contribution in [0.4, 0.5) is 0 Å². The van der Waals surface area contributed by atoms with Crippen molar-refractivity contribution in [2.24, 2.45) is 5.41 Å². The number of nitrogens with one attached hydrogen (secondary N) is 1. The van der Waals surface area contributed by atoms with Crippen LogP contribution in [-0.4, -0.2) is 36.0 Å². The molecule has 0 aromatic carbocycles. The molecule has 15 heavy (non-hydrogen) atoms. The number of amides is 1. The first-order valence-corrected chi connectivity index (χ1v) is 5.83. The smallest absolute Gasteiger partial charge is 0.242 e. The fraction of sp³-hybridized carbons (Fsp3) is 0.917. The number of carbonyl (C=O) groups is 1. The lowest BCUT2D eigenvalue weighted by Gasteiger charge is -2.30. The number of carbonyl (C=O) groups excluding carboxylic acids is 1. The largest absolute Gasteiger partial charge is 0.341 e. The topological polar surface area (TPSA) is 32.3 Å². The lowest BCUT2D eigenvalue weighted by molar-refractivity contribution is -0.136. The van der Waals surface area contributed by atoms with Gasteiger partial charge in [0.2, 0.25) is 5.91 Å². The number of nitrogens with zero attached hydrogens (tertiary/aromatic N) is 1. The van der Waals surface area contributed by atoms with Gasteiger partial charge in [0.1, 0.15) is 0 Å². The van der Waals surface area contributed by atoms with E-state index in [1.54, 1.807) is 0 Å². The van der Waals surface area contributed by atoms with Gasteiger partial charge in [-0.05, 0) is 32.2 Å².